The summed E-state index contributed by atoms with van der Waals surface area (Å²) in [6.07, 6.45) is 6.86. The van der Waals surface area contributed by atoms with Crippen LogP contribution in [0.25, 0.3) is 0 Å². The minimum absolute atomic E-state index is 0.200. The SMILES string of the molecule is Cn1cc(CCC(N)Cc2ccc(Br)cc2)cn1. The Hall–Kier alpha value is -1.13. The van der Waals surface area contributed by atoms with Crippen LogP contribution in [-0.2, 0) is 19.9 Å². The molecule has 0 amide bonds. The summed E-state index contributed by atoms with van der Waals surface area (Å²) in [6.45, 7) is 0. The Kier molecular flexibility index (Phi) is 4.55. The first-order valence-electron chi connectivity index (χ1n) is 6.11. The fraction of sp³-hybridized carbons (Fsp3) is 0.357. The number of nitrogens with zero attached hydrogens (tertiary/aromatic N) is 2. The Bertz CT molecular complexity index is 490. The van der Waals surface area contributed by atoms with E-state index in [0.717, 1.165) is 23.7 Å². The lowest BCUT2D eigenvalue weighted by Crippen LogP contribution is -2.23. The van der Waals surface area contributed by atoms with E-state index < -0.39 is 0 Å². The van der Waals surface area contributed by atoms with Crippen LogP contribution in [0.2, 0.25) is 0 Å². The minimum Gasteiger partial charge on any atom is -0.327 e. The summed E-state index contributed by atoms with van der Waals surface area (Å²) in [7, 11) is 1.94. The lowest BCUT2D eigenvalue weighted by Gasteiger charge is -2.10. The highest BCUT2D eigenvalue weighted by Gasteiger charge is 2.05. The third-order valence-electron chi connectivity index (χ3n) is 2.97. The molecule has 0 saturated heterocycles. The van der Waals surface area contributed by atoms with Crippen LogP contribution in [0.1, 0.15) is 17.5 Å². The van der Waals surface area contributed by atoms with Crippen molar-refractivity contribution in [3.05, 3.63) is 52.3 Å². The number of aromatic nitrogens is 2. The van der Waals surface area contributed by atoms with Gasteiger partial charge in [-0.3, -0.25) is 4.68 Å². The minimum atomic E-state index is 0.200. The van der Waals surface area contributed by atoms with Crippen LogP contribution in [0.15, 0.2) is 41.1 Å². The van der Waals surface area contributed by atoms with Gasteiger partial charge in [0.05, 0.1) is 6.20 Å². The summed E-state index contributed by atoms with van der Waals surface area (Å²) < 4.78 is 2.94. The molecule has 1 atom stereocenters. The average molecular weight is 308 g/mol. The first kappa shape index (κ1) is 13.3. The summed E-state index contributed by atoms with van der Waals surface area (Å²) in [6, 6.07) is 8.56. The molecule has 1 heterocycles. The highest BCUT2D eigenvalue weighted by Crippen LogP contribution is 2.13. The Morgan fingerprint density at radius 2 is 2.00 bits per heavy atom. The number of benzene rings is 1. The smallest absolute Gasteiger partial charge is 0.0521 e. The van der Waals surface area contributed by atoms with Crippen LogP contribution in [0.5, 0.6) is 0 Å². The molecule has 0 bridgehead atoms. The molecular formula is C14H18BrN3. The Morgan fingerprint density at radius 1 is 1.28 bits per heavy atom. The number of halogens is 1. The maximum Gasteiger partial charge on any atom is 0.0521 e. The lowest BCUT2D eigenvalue weighted by molar-refractivity contribution is 0.610. The third kappa shape index (κ3) is 3.96. The summed E-state index contributed by atoms with van der Waals surface area (Å²) >= 11 is 3.43. The molecule has 2 rings (SSSR count). The van der Waals surface area contributed by atoms with Gasteiger partial charge in [0.15, 0.2) is 0 Å². The van der Waals surface area contributed by atoms with Gasteiger partial charge in [0.1, 0.15) is 0 Å². The standard InChI is InChI=1S/C14H18BrN3/c1-18-10-12(9-17-18)4-7-14(16)8-11-2-5-13(15)6-3-11/h2-3,5-6,9-10,14H,4,7-8,16H2,1H3. The van der Waals surface area contributed by atoms with E-state index in [4.69, 9.17) is 5.73 Å². The predicted octanol–water partition coefficient (Wildman–Crippen LogP) is 2.69. The molecule has 1 aromatic carbocycles. The highest BCUT2D eigenvalue weighted by molar-refractivity contribution is 9.10. The first-order chi connectivity index (χ1) is 8.63. The van der Waals surface area contributed by atoms with Crippen LogP contribution < -0.4 is 5.73 Å². The van der Waals surface area contributed by atoms with Gasteiger partial charge in [-0.2, -0.15) is 5.10 Å². The van der Waals surface area contributed by atoms with Crippen molar-refractivity contribution < 1.29 is 0 Å². The van der Waals surface area contributed by atoms with Crippen LogP contribution in [0, 0.1) is 0 Å². The van der Waals surface area contributed by atoms with E-state index in [0.29, 0.717) is 0 Å². The Labute approximate surface area is 116 Å². The van der Waals surface area contributed by atoms with E-state index in [9.17, 15) is 0 Å². The second kappa shape index (κ2) is 6.16. The van der Waals surface area contributed by atoms with E-state index in [1.165, 1.54) is 11.1 Å². The molecule has 0 spiro atoms. The van der Waals surface area contributed by atoms with Crippen molar-refractivity contribution in [3.8, 4) is 0 Å². The highest BCUT2D eigenvalue weighted by atomic mass is 79.9. The number of hydrogen-bond donors (Lipinski definition) is 1. The molecule has 18 heavy (non-hydrogen) atoms. The summed E-state index contributed by atoms with van der Waals surface area (Å²) in [5, 5.41) is 4.16. The number of hydrogen-bond acceptors (Lipinski definition) is 2. The zero-order chi connectivity index (χ0) is 13.0. The largest absolute Gasteiger partial charge is 0.327 e. The molecular weight excluding hydrogens is 290 g/mol. The Morgan fingerprint density at radius 3 is 2.61 bits per heavy atom. The van der Waals surface area contributed by atoms with Gasteiger partial charge in [0.25, 0.3) is 0 Å². The zero-order valence-corrected chi connectivity index (χ0v) is 12.1. The van der Waals surface area contributed by atoms with Crippen molar-refractivity contribution in [2.75, 3.05) is 0 Å². The fourth-order valence-corrected chi connectivity index (χ4v) is 2.24. The molecule has 1 unspecified atom stereocenters. The second-order valence-corrected chi connectivity index (χ2v) is 5.57. The monoisotopic (exact) mass is 307 g/mol. The second-order valence-electron chi connectivity index (χ2n) is 4.65. The predicted molar refractivity (Wildman–Crippen MR) is 77.4 cm³/mol. The van der Waals surface area contributed by atoms with Crippen molar-refractivity contribution >= 4 is 15.9 Å². The molecule has 1 aromatic heterocycles. The summed E-state index contributed by atoms with van der Waals surface area (Å²) in [5.41, 5.74) is 8.70. The normalized spacial score (nSPS) is 12.6. The molecule has 0 radical (unpaired) electrons. The van der Waals surface area contributed by atoms with Crippen molar-refractivity contribution in [2.24, 2.45) is 12.8 Å². The molecule has 2 aromatic rings. The van der Waals surface area contributed by atoms with Crippen molar-refractivity contribution in [3.63, 3.8) is 0 Å². The molecule has 4 heteroatoms. The van der Waals surface area contributed by atoms with Gasteiger partial charge < -0.3 is 5.73 Å². The van der Waals surface area contributed by atoms with E-state index in [-0.39, 0.29) is 6.04 Å². The van der Waals surface area contributed by atoms with Crippen LogP contribution in [-0.4, -0.2) is 15.8 Å². The fourth-order valence-electron chi connectivity index (χ4n) is 1.98. The molecule has 0 aliphatic rings. The zero-order valence-electron chi connectivity index (χ0n) is 10.5. The van der Waals surface area contributed by atoms with E-state index in [2.05, 4.69) is 45.3 Å². The van der Waals surface area contributed by atoms with Gasteiger partial charge >= 0.3 is 0 Å². The molecule has 96 valence electrons. The maximum absolute atomic E-state index is 6.16. The average Bonchev–Trinajstić information content (AvgIpc) is 2.76. The molecule has 0 aliphatic carbocycles. The van der Waals surface area contributed by atoms with E-state index in [1.807, 2.05) is 24.1 Å². The summed E-state index contributed by atoms with van der Waals surface area (Å²) in [5.74, 6) is 0. The molecule has 0 aliphatic heterocycles. The molecule has 0 saturated carbocycles. The molecule has 3 nitrogen and oxygen atoms in total. The van der Waals surface area contributed by atoms with Gasteiger partial charge in [0, 0.05) is 23.8 Å². The van der Waals surface area contributed by atoms with Gasteiger partial charge in [-0.1, -0.05) is 28.1 Å². The van der Waals surface area contributed by atoms with Crippen molar-refractivity contribution in [2.45, 2.75) is 25.3 Å². The topological polar surface area (TPSA) is 43.8 Å². The van der Waals surface area contributed by atoms with Gasteiger partial charge in [-0.05, 0) is 42.5 Å². The summed E-state index contributed by atoms with van der Waals surface area (Å²) in [4.78, 5) is 0. The van der Waals surface area contributed by atoms with Crippen LogP contribution >= 0.6 is 15.9 Å². The van der Waals surface area contributed by atoms with Gasteiger partial charge in [0.2, 0.25) is 0 Å². The maximum atomic E-state index is 6.16. The quantitative estimate of drug-likeness (QED) is 0.923. The van der Waals surface area contributed by atoms with E-state index >= 15 is 0 Å². The Balaban J connectivity index is 1.81. The van der Waals surface area contributed by atoms with Crippen molar-refractivity contribution in [1.82, 2.24) is 9.78 Å². The molecule has 0 fully saturated rings. The van der Waals surface area contributed by atoms with Crippen molar-refractivity contribution in [1.29, 1.82) is 0 Å². The number of aryl methyl sites for hydroxylation is 2. The van der Waals surface area contributed by atoms with Gasteiger partial charge in [-0.15, -0.1) is 0 Å². The van der Waals surface area contributed by atoms with Crippen LogP contribution in [0.4, 0.5) is 0 Å². The number of rotatable bonds is 5. The van der Waals surface area contributed by atoms with Crippen LogP contribution in [0.3, 0.4) is 0 Å². The third-order valence-corrected chi connectivity index (χ3v) is 3.50. The first-order valence-corrected chi connectivity index (χ1v) is 6.90. The van der Waals surface area contributed by atoms with E-state index in [1.54, 1.807) is 0 Å². The number of nitrogens with two attached hydrogens (primary N) is 1. The van der Waals surface area contributed by atoms with Gasteiger partial charge in [-0.25, -0.2) is 0 Å². The molecule has 2 N–H and O–H groups in total. The lowest BCUT2D eigenvalue weighted by atomic mass is 10.0.